The molecule has 0 aliphatic carbocycles. The molecule has 3 aromatic rings. The average Bonchev–Trinajstić information content (AvgIpc) is 3.03. The maximum absolute atomic E-state index is 13.6. The van der Waals surface area contributed by atoms with Crippen molar-refractivity contribution in [1.82, 2.24) is 20.2 Å². The molecule has 8 heteroatoms. The number of amides is 1. The highest BCUT2D eigenvalue weighted by atomic mass is 35.5. The van der Waals surface area contributed by atoms with Crippen molar-refractivity contribution in [1.29, 1.82) is 0 Å². The monoisotopic (exact) mass is 317 g/mol. The van der Waals surface area contributed by atoms with Gasteiger partial charge in [-0.25, -0.2) is 4.39 Å². The van der Waals surface area contributed by atoms with Crippen molar-refractivity contribution >= 4 is 23.2 Å². The third kappa shape index (κ3) is 2.79. The van der Waals surface area contributed by atoms with E-state index >= 15 is 0 Å². The van der Waals surface area contributed by atoms with E-state index < -0.39 is 11.7 Å². The van der Waals surface area contributed by atoms with Crippen molar-refractivity contribution in [2.24, 2.45) is 0 Å². The van der Waals surface area contributed by atoms with Crippen LogP contribution in [0, 0.1) is 5.82 Å². The van der Waals surface area contributed by atoms with E-state index in [0.717, 1.165) is 0 Å². The summed E-state index contributed by atoms with van der Waals surface area (Å²) in [5.74, 6) is -1.01. The number of hydrogen-bond donors (Lipinski definition) is 1. The van der Waals surface area contributed by atoms with Crippen LogP contribution < -0.4 is 5.32 Å². The van der Waals surface area contributed by atoms with Gasteiger partial charge in [-0.1, -0.05) is 23.7 Å². The maximum atomic E-state index is 13.6. The summed E-state index contributed by atoms with van der Waals surface area (Å²) >= 11 is 5.95. The molecule has 2 aromatic carbocycles. The van der Waals surface area contributed by atoms with Crippen molar-refractivity contribution in [2.45, 2.75) is 0 Å². The lowest BCUT2D eigenvalue weighted by molar-refractivity contribution is 0.102. The number of para-hydroxylation sites is 1. The van der Waals surface area contributed by atoms with Gasteiger partial charge in [0.15, 0.2) is 0 Å². The Labute approximate surface area is 129 Å². The van der Waals surface area contributed by atoms with Gasteiger partial charge in [0.05, 0.1) is 16.9 Å². The summed E-state index contributed by atoms with van der Waals surface area (Å²) in [6.45, 7) is 0. The Morgan fingerprint density at radius 1 is 1.23 bits per heavy atom. The molecule has 0 unspecified atom stereocenters. The number of hydrogen-bond acceptors (Lipinski definition) is 4. The molecule has 22 heavy (non-hydrogen) atoms. The summed E-state index contributed by atoms with van der Waals surface area (Å²) in [4.78, 5) is 12.4. The first-order valence-electron chi connectivity index (χ1n) is 6.24. The molecule has 1 N–H and O–H groups in total. The lowest BCUT2D eigenvalue weighted by Crippen LogP contribution is -2.16. The van der Waals surface area contributed by atoms with E-state index in [2.05, 4.69) is 20.8 Å². The van der Waals surface area contributed by atoms with Gasteiger partial charge >= 0.3 is 0 Å². The fourth-order valence-corrected chi connectivity index (χ4v) is 2.08. The van der Waals surface area contributed by atoms with Gasteiger partial charge in [0.25, 0.3) is 5.91 Å². The Morgan fingerprint density at radius 3 is 2.77 bits per heavy atom. The fourth-order valence-electron chi connectivity index (χ4n) is 1.91. The zero-order chi connectivity index (χ0) is 15.5. The number of carbonyl (C=O) groups excluding carboxylic acids is 1. The maximum Gasteiger partial charge on any atom is 0.257 e. The van der Waals surface area contributed by atoms with E-state index in [9.17, 15) is 9.18 Å². The highest BCUT2D eigenvalue weighted by Crippen LogP contribution is 2.21. The molecule has 0 aliphatic heterocycles. The van der Waals surface area contributed by atoms with Crippen molar-refractivity contribution in [2.75, 3.05) is 5.32 Å². The van der Waals surface area contributed by atoms with Crippen molar-refractivity contribution in [3.8, 4) is 5.69 Å². The third-order valence-corrected chi connectivity index (χ3v) is 3.16. The molecule has 0 atom stereocenters. The molecule has 1 amide bonds. The fraction of sp³-hybridized carbons (Fsp3) is 0. The van der Waals surface area contributed by atoms with E-state index in [1.807, 2.05) is 0 Å². The first-order chi connectivity index (χ1) is 10.6. The average molecular weight is 318 g/mol. The molecule has 0 radical (unpaired) electrons. The Balaban J connectivity index is 1.98. The van der Waals surface area contributed by atoms with E-state index in [-0.39, 0.29) is 11.3 Å². The molecule has 3 rings (SSSR count). The van der Waals surface area contributed by atoms with Gasteiger partial charge in [0.2, 0.25) is 0 Å². The number of tetrazole rings is 1. The lowest BCUT2D eigenvalue weighted by atomic mass is 10.1. The summed E-state index contributed by atoms with van der Waals surface area (Å²) in [5.41, 5.74) is 0.747. The highest BCUT2D eigenvalue weighted by molar-refractivity contribution is 6.31. The largest absolute Gasteiger partial charge is 0.319 e. The second kappa shape index (κ2) is 5.90. The predicted molar refractivity (Wildman–Crippen MR) is 78.5 cm³/mol. The molecule has 1 heterocycles. The van der Waals surface area contributed by atoms with Gasteiger partial charge in [0.1, 0.15) is 12.1 Å². The summed E-state index contributed by atoms with van der Waals surface area (Å²) < 4.78 is 14.9. The lowest BCUT2D eigenvalue weighted by Gasteiger charge is -2.10. The minimum atomic E-state index is -0.520. The number of carbonyl (C=O) groups is 1. The second-order valence-electron chi connectivity index (χ2n) is 4.35. The Bertz CT molecular complexity index is 822. The van der Waals surface area contributed by atoms with Crippen LogP contribution in [0.25, 0.3) is 5.69 Å². The number of nitrogens with one attached hydrogen (secondary N) is 1. The van der Waals surface area contributed by atoms with Gasteiger partial charge in [-0.2, -0.15) is 4.68 Å². The zero-order valence-corrected chi connectivity index (χ0v) is 11.8. The van der Waals surface area contributed by atoms with Crippen LogP contribution in [0.5, 0.6) is 0 Å². The standard InChI is InChI=1S/C14H9ClFN5O/c15-9-5-6-10(13(7-9)21-8-17-19-20-21)14(22)18-12-4-2-1-3-11(12)16/h1-8H,(H,18,22). The van der Waals surface area contributed by atoms with Gasteiger partial charge in [-0.05, 0) is 40.8 Å². The number of anilines is 1. The summed E-state index contributed by atoms with van der Waals surface area (Å²) in [6.07, 6.45) is 1.34. The van der Waals surface area contributed by atoms with Gasteiger partial charge in [0, 0.05) is 5.02 Å². The van der Waals surface area contributed by atoms with E-state index in [1.165, 1.54) is 29.2 Å². The van der Waals surface area contributed by atoms with Crippen LogP contribution in [0.4, 0.5) is 10.1 Å². The molecule has 0 spiro atoms. The van der Waals surface area contributed by atoms with Crippen LogP contribution >= 0.6 is 11.6 Å². The van der Waals surface area contributed by atoms with E-state index in [4.69, 9.17) is 11.6 Å². The van der Waals surface area contributed by atoms with Crippen LogP contribution in [-0.2, 0) is 0 Å². The summed E-state index contributed by atoms with van der Waals surface area (Å²) in [5, 5.41) is 13.7. The minimum absolute atomic E-state index is 0.0881. The first-order valence-corrected chi connectivity index (χ1v) is 6.62. The van der Waals surface area contributed by atoms with Crippen molar-refractivity contribution < 1.29 is 9.18 Å². The van der Waals surface area contributed by atoms with Crippen molar-refractivity contribution in [3.63, 3.8) is 0 Å². The smallest absolute Gasteiger partial charge is 0.257 e. The zero-order valence-electron chi connectivity index (χ0n) is 11.1. The molecule has 0 bridgehead atoms. The van der Waals surface area contributed by atoms with Crippen LogP contribution in [0.1, 0.15) is 10.4 Å². The van der Waals surface area contributed by atoms with Crippen LogP contribution in [0.3, 0.4) is 0 Å². The first kappa shape index (κ1) is 14.2. The number of rotatable bonds is 3. The number of nitrogens with zero attached hydrogens (tertiary/aromatic N) is 4. The molecule has 0 saturated heterocycles. The van der Waals surface area contributed by atoms with Gasteiger partial charge in [-0.15, -0.1) is 5.10 Å². The molecule has 0 saturated carbocycles. The molecular weight excluding hydrogens is 309 g/mol. The molecule has 0 fully saturated rings. The third-order valence-electron chi connectivity index (χ3n) is 2.92. The van der Waals surface area contributed by atoms with Crippen LogP contribution in [-0.4, -0.2) is 26.1 Å². The molecule has 110 valence electrons. The van der Waals surface area contributed by atoms with Crippen LogP contribution in [0.2, 0.25) is 5.02 Å². The Hall–Kier alpha value is -2.80. The van der Waals surface area contributed by atoms with E-state index in [1.54, 1.807) is 24.3 Å². The normalized spacial score (nSPS) is 10.5. The predicted octanol–water partition coefficient (Wildman–Crippen LogP) is 2.71. The molecule has 6 nitrogen and oxygen atoms in total. The second-order valence-corrected chi connectivity index (χ2v) is 4.79. The Kier molecular flexibility index (Phi) is 3.80. The Morgan fingerprint density at radius 2 is 2.05 bits per heavy atom. The van der Waals surface area contributed by atoms with Crippen LogP contribution in [0.15, 0.2) is 48.8 Å². The topological polar surface area (TPSA) is 72.7 Å². The number of halogens is 2. The molecule has 1 aromatic heterocycles. The summed E-state index contributed by atoms with van der Waals surface area (Å²) in [7, 11) is 0. The quantitative estimate of drug-likeness (QED) is 0.806. The number of aromatic nitrogens is 4. The highest BCUT2D eigenvalue weighted by Gasteiger charge is 2.16. The molecular formula is C14H9ClFN5O. The SMILES string of the molecule is O=C(Nc1ccccc1F)c1ccc(Cl)cc1-n1cnnn1. The van der Waals surface area contributed by atoms with Gasteiger partial charge in [-0.3, -0.25) is 4.79 Å². The number of benzene rings is 2. The van der Waals surface area contributed by atoms with Gasteiger partial charge < -0.3 is 5.32 Å². The summed E-state index contributed by atoms with van der Waals surface area (Å²) in [6, 6.07) is 10.5. The minimum Gasteiger partial charge on any atom is -0.319 e. The molecule has 0 aliphatic rings. The van der Waals surface area contributed by atoms with E-state index in [0.29, 0.717) is 10.7 Å². The van der Waals surface area contributed by atoms with Crippen molar-refractivity contribution in [3.05, 3.63) is 65.2 Å².